The van der Waals surface area contributed by atoms with Gasteiger partial charge in [0.25, 0.3) is 0 Å². The Morgan fingerprint density at radius 2 is 1.74 bits per heavy atom. The molecule has 27 heavy (non-hydrogen) atoms. The minimum absolute atomic E-state index is 0.219. The van der Waals surface area contributed by atoms with E-state index in [1.54, 1.807) is 36.8 Å². The second-order valence-electron chi connectivity index (χ2n) is 5.99. The molecule has 2 aromatic carbocycles. The highest BCUT2D eigenvalue weighted by atomic mass is 35.5. The molecule has 3 N–H and O–H groups in total. The molecule has 0 spiro atoms. The van der Waals surface area contributed by atoms with Crippen LogP contribution in [-0.4, -0.2) is 15.0 Å². The average molecular weight is 380 g/mol. The number of hydrogen-bond acceptors (Lipinski definition) is 5. The van der Waals surface area contributed by atoms with Crippen LogP contribution in [0.4, 0.5) is 16.0 Å². The highest BCUT2D eigenvalue weighted by Gasteiger charge is 2.10. The van der Waals surface area contributed by atoms with E-state index in [2.05, 4.69) is 20.3 Å². The van der Waals surface area contributed by atoms with E-state index < -0.39 is 0 Å². The molecule has 2 heterocycles. The predicted octanol–water partition coefficient (Wildman–Crippen LogP) is 4.68. The van der Waals surface area contributed by atoms with Gasteiger partial charge in [0.2, 0.25) is 5.95 Å². The molecule has 0 saturated heterocycles. The Labute approximate surface area is 160 Å². The van der Waals surface area contributed by atoms with E-state index in [1.807, 2.05) is 18.2 Å². The molecule has 134 valence electrons. The number of rotatable bonds is 4. The van der Waals surface area contributed by atoms with Crippen LogP contribution in [-0.2, 0) is 6.54 Å². The van der Waals surface area contributed by atoms with Crippen molar-refractivity contribution >= 4 is 34.1 Å². The van der Waals surface area contributed by atoms with Crippen LogP contribution < -0.4 is 11.1 Å². The average Bonchev–Trinajstić information content (AvgIpc) is 2.68. The zero-order valence-electron chi connectivity index (χ0n) is 14.2. The van der Waals surface area contributed by atoms with Crippen molar-refractivity contribution in [2.24, 2.45) is 0 Å². The summed E-state index contributed by atoms with van der Waals surface area (Å²) in [6, 6.07) is 12.4. The fourth-order valence-corrected chi connectivity index (χ4v) is 3.06. The standard InChI is InChI=1S/C20H15ClFN5/c21-16-11-24-18-6-5-12(14-9-26-20(23)27-10-14)7-15(18)19(16)25-8-13-3-1-2-4-17(13)22/h1-7,9-11H,8H2,(H,24,25)(H2,23,26,27). The number of fused-ring (bicyclic) bond motifs is 1. The van der Waals surface area contributed by atoms with Gasteiger partial charge in [-0.3, -0.25) is 4.98 Å². The van der Waals surface area contributed by atoms with Crippen LogP contribution in [0.25, 0.3) is 22.0 Å². The molecule has 2 aromatic heterocycles. The maximum Gasteiger partial charge on any atom is 0.219 e. The van der Waals surface area contributed by atoms with Crippen molar-refractivity contribution in [3.05, 3.63) is 77.5 Å². The van der Waals surface area contributed by atoms with Gasteiger partial charge in [0.15, 0.2) is 0 Å². The Morgan fingerprint density at radius 3 is 2.52 bits per heavy atom. The topological polar surface area (TPSA) is 76.7 Å². The van der Waals surface area contributed by atoms with E-state index in [4.69, 9.17) is 17.3 Å². The van der Waals surface area contributed by atoms with Crippen LogP contribution in [0.5, 0.6) is 0 Å². The van der Waals surface area contributed by atoms with Gasteiger partial charge in [-0.2, -0.15) is 0 Å². The number of anilines is 2. The molecular weight excluding hydrogens is 365 g/mol. The fraction of sp³-hybridized carbons (Fsp3) is 0.0500. The number of nitrogens with two attached hydrogens (primary N) is 1. The third kappa shape index (κ3) is 3.52. The quantitative estimate of drug-likeness (QED) is 0.538. The summed E-state index contributed by atoms with van der Waals surface area (Å²) < 4.78 is 13.9. The van der Waals surface area contributed by atoms with Crippen LogP contribution in [0.1, 0.15) is 5.56 Å². The zero-order chi connectivity index (χ0) is 18.8. The molecule has 7 heteroatoms. The van der Waals surface area contributed by atoms with E-state index in [0.717, 1.165) is 22.0 Å². The van der Waals surface area contributed by atoms with Gasteiger partial charge in [0, 0.05) is 41.6 Å². The van der Waals surface area contributed by atoms with Gasteiger partial charge >= 0.3 is 0 Å². The first-order valence-corrected chi connectivity index (χ1v) is 8.63. The van der Waals surface area contributed by atoms with Crippen molar-refractivity contribution < 1.29 is 4.39 Å². The number of nitrogen functional groups attached to an aromatic ring is 1. The second-order valence-corrected chi connectivity index (χ2v) is 6.40. The van der Waals surface area contributed by atoms with Crippen LogP contribution in [0.15, 0.2) is 61.1 Å². The summed E-state index contributed by atoms with van der Waals surface area (Å²) in [5, 5.41) is 4.53. The predicted molar refractivity (Wildman–Crippen MR) is 106 cm³/mol. The molecular formula is C20H15ClFN5. The van der Waals surface area contributed by atoms with Gasteiger partial charge in [-0.05, 0) is 23.8 Å². The molecule has 0 fully saturated rings. The number of nitrogens with zero attached hydrogens (tertiary/aromatic N) is 3. The normalized spacial score (nSPS) is 10.9. The molecule has 5 nitrogen and oxygen atoms in total. The van der Waals surface area contributed by atoms with Crippen molar-refractivity contribution in [1.29, 1.82) is 0 Å². The van der Waals surface area contributed by atoms with Crippen molar-refractivity contribution in [3.8, 4) is 11.1 Å². The first-order valence-electron chi connectivity index (χ1n) is 8.25. The minimum Gasteiger partial charge on any atom is -0.379 e. The van der Waals surface area contributed by atoms with Gasteiger partial charge < -0.3 is 11.1 Å². The van der Waals surface area contributed by atoms with Crippen molar-refractivity contribution in [2.45, 2.75) is 6.54 Å². The minimum atomic E-state index is -0.265. The van der Waals surface area contributed by atoms with E-state index in [9.17, 15) is 4.39 Å². The number of benzene rings is 2. The van der Waals surface area contributed by atoms with Crippen molar-refractivity contribution in [2.75, 3.05) is 11.1 Å². The summed E-state index contributed by atoms with van der Waals surface area (Å²) in [7, 11) is 0. The lowest BCUT2D eigenvalue weighted by atomic mass is 10.0. The molecule has 0 unspecified atom stereocenters. The highest BCUT2D eigenvalue weighted by Crippen LogP contribution is 2.33. The lowest BCUT2D eigenvalue weighted by molar-refractivity contribution is 0.613. The van der Waals surface area contributed by atoms with Gasteiger partial charge in [0.1, 0.15) is 5.82 Å². The van der Waals surface area contributed by atoms with E-state index in [1.165, 1.54) is 6.07 Å². The van der Waals surface area contributed by atoms with Crippen molar-refractivity contribution in [3.63, 3.8) is 0 Å². The largest absolute Gasteiger partial charge is 0.379 e. The number of nitrogens with one attached hydrogen (secondary N) is 1. The molecule has 0 atom stereocenters. The molecule has 0 aliphatic heterocycles. The SMILES string of the molecule is Nc1ncc(-c2ccc3ncc(Cl)c(NCc4ccccc4F)c3c2)cn1. The lowest BCUT2D eigenvalue weighted by Gasteiger charge is -2.13. The summed E-state index contributed by atoms with van der Waals surface area (Å²) in [4.78, 5) is 12.4. The maximum atomic E-state index is 13.9. The number of halogens is 2. The van der Waals surface area contributed by atoms with Gasteiger partial charge in [-0.25, -0.2) is 14.4 Å². The second kappa shape index (κ2) is 7.17. The van der Waals surface area contributed by atoms with Gasteiger partial charge in [0.05, 0.1) is 16.2 Å². The van der Waals surface area contributed by atoms with Crippen LogP contribution >= 0.6 is 11.6 Å². The van der Waals surface area contributed by atoms with Crippen LogP contribution in [0.2, 0.25) is 5.02 Å². The lowest BCUT2D eigenvalue weighted by Crippen LogP contribution is -2.03. The van der Waals surface area contributed by atoms with E-state index in [0.29, 0.717) is 22.8 Å². The van der Waals surface area contributed by atoms with E-state index in [-0.39, 0.29) is 11.8 Å². The molecule has 0 bridgehead atoms. The number of aromatic nitrogens is 3. The summed E-state index contributed by atoms with van der Waals surface area (Å²) in [6.07, 6.45) is 4.90. The van der Waals surface area contributed by atoms with Gasteiger partial charge in [-0.15, -0.1) is 0 Å². The number of pyridine rings is 1. The highest BCUT2D eigenvalue weighted by molar-refractivity contribution is 6.34. The van der Waals surface area contributed by atoms with Crippen molar-refractivity contribution in [1.82, 2.24) is 15.0 Å². The number of hydrogen-bond donors (Lipinski definition) is 2. The molecule has 4 aromatic rings. The summed E-state index contributed by atoms with van der Waals surface area (Å²) in [5.41, 5.74) is 9.31. The smallest absolute Gasteiger partial charge is 0.219 e. The Morgan fingerprint density at radius 1 is 0.963 bits per heavy atom. The molecule has 0 aliphatic carbocycles. The zero-order valence-corrected chi connectivity index (χ0v) is 14.9. The summed E-state index contributed by atoms with van der Waals surface area (Å²) in [5.74, 6) is -0.0457. The first kappa shape index (κ1) is 17.2. The van der Waals surface area contributed by atoms with Gasteiger partial charge in [-0.1, -0.05) is 35.9 Å². The molecule has 0 aliphatic rings. The fourth-order valence-electron chi connectivity index (χ4n) is 2.84. The third-order valence-electron chi connectivity index (χ3n) is 4.24. The molecule has 0 saturated carbocycles. The first-order chi connectivity index (χ1) is 13.1. The summed E-state index contributed by atoms with van der Waals surface area (Å²) in [6.45, 7) is 0.306. The Balaban J connectivity index is 1.74. The van der Waals surface area contributed by atoms with Crippen LogP contribution in [0, 0.1) is 5.82 Å². The van der Waals surface area contributed by atoms with E-state index >= 15 is 0 Å². The maximum absolute atomic E-state index is 13.9. The Kier molecular flexibility index (Phi) is 4.56. The molecule has 0 radical (unpaired) electrons. The monoisotopic (exact) mass is 379 g/mol. The Bertz CT molecular complexity index is 1120. The summed E-state index contributed by atoms with van der Waals surface area (Å²) >= 11 is 6.37. The Hall–Kier alpha value is -3.25. The van der Waals surface area contributed by atoms with Crippen LogP contribution in [0.3, 0.4) is 0 Å². The molecule has 4 rings (SSSR count). The third-order valence-corrected chi connectivity index (χ3v) is 4.53. The molecule has 0 amide bonds.